The van der Waals surface area contributed by atoms with Crippen molar-refractivity contribution in [2.75, 3.05) is 5.75 Å². The Morgan fingerprint density at radius 3 is 2.86 bits per heavy atom. The van der Waals surface area contributed by atoms with E-state index in [1.165, 1.54) is 11.8 Å². The van der Waals surface area contributed by atoms with Crippen molar-refractivity contribution in [2.45, 2.75) is 24.7 Å². The molecule has 0 fully saturated rings. The molecule has 0 bridgehead atoms. The van der Waals surface area contributed by atoms with Gasteiger partial charge >= 0.3 is 5.97 Å². The largest absolute Gasteiger partial charge is 0.481 e. The number of hydrogen-bond donors (Lipinski definition) is 1. The number of rotatable bonds is 4. The standard InChI is InChI=1S/C10H13NO2S/c1-7(2)8-3-9(5-11-4-8)14-6-10(12)13/h3-5,7H,6H2,1-2H3,(H,12,13). The first-order valence-corrected chi connectivity index (χ1v) is 5.37. The van der Waals surface area contributed by atoms with Crippen LogP contribution in [-0.4, -0.2) is 21.8 Å². The van der Waals surface area contributed by atoms with E-state index in [2.05, 4.69) is 18.8 Å². The molecule has 1 rings (SSSR count). The summed E-state index contributed by atoms with van der Waals surface area (Å²) < 4.78 is 0. The van der Waals surface area contributed by atoms with E-state index in [0.717, 1.165) is 10.5 Å². The van der Waals surface area contributed by atoms with E-state index >= 15 is 0 Å². The molecular weight excluding hydrogens is 198 g/mol. The first-order chi connectivity index (χ1) is 6.59. The molecule has 1 aromatic heterocycles. The van der Waals surface area contributed by atoms with Gasteiger partial charge in [0.2, 0.25) is 0 Å². The van der Waals surface area contributed by atoms with Gasteiger partial charge in [0.1, 0.15) is 0 Å². The topological polar surface area (TPSA) is 50.2 Å². The van der Waals surface area contributed by atoms with E-state index in [4.69, 9.17) is 5.11 Å². The molecule has 14 heavy (non-hydrogen) atoms. The van der Waals surface area contributed by atoms with Crippen LogP contribution in [0.1, 0.15) is 25.3 Å². The summed E-state index contributed by atoms with van der Waals surface area (Å²) in [5.74, 6) is -0.290. The summed E-state index contributed by atoms with van der Waals surface area (Å²) in [4.78, 5) is 15.3. The van der Waals surface area contributed by atoms with Crippen LogP contribution in [0.2, 0.25) is 0 Å². The quantitative estimate of drug-likeness (QED) is 0.777. The lowest BCUT2D eigenvalue weighted by Gasteiger charge is -2.05. The lowest BCUT2D eigenvalue weighted by molar-refractivity contribution is -0.133. The Labute approximate surface area is 87.6 Å². The van der Waals surface area contributed by atoms with E-state index in [9.17, 15) is 4.79 Å². The van der Waals surface area contributed by atoms with Crippen LogP contribution in [-0.2, 0) is 4.79 Å². The fraction of sp³-hybridized carbons (Fsp3) is 0.400. The minimum atomic E-state index is -0.801. The number of pyridine rings is 1. The highest BCUT2D eigenvalue weighted by atomic mass is 32.2. The van der Waals surface area contributed by atoms with E-state index < -0.39 is 5.97 Å². The SMILES string of the molecule is CC(C)c1cncc(SCC(=O)O)c1. The van der Waals surface area contributed by atoms with Crippen molar-refractivity contribution in [1.29, 1.82) is 0 Å². The second kappa shape index (κ2) is 5.00. The van der Waals surface area contributed by atoms with E-state index in [-0.39, 0.29) is 5.75 Å². The molecule has 0 radical (unpaired) electrons. The Bertz CT molecular complexity index is 326. The molecule has 0 aliphatic rings. The second-order valence-electron chi connectivity index (χ2n) is 3.29. The van der Waals surface area contributed by atoms with Gasteiger partial charge in [-0.25, -0.2) is 0 Å². The number of carbonyl (C=O) groups is 1. The molecule has 0 aliphatic carbocycles. The molecule has 0 atom stereocenters. The molecule has 0 saturated carbocycles. The monoisotopic (exact) mass is 211 g/mol. The van der Waals surface area contributed by atoms with Crippen LogP contribution >= 0.6 is 11.8 Å². The number of aliphatic carboxylic acids is 1. The van der Waals surface area contributed by atoms with Gasteiger partial charge in [0.05, 0.1) is 5.75 Å². The van der Waals surface area contributed by atoms with E-state index in [0.29, 0.717) is 5.92 Å². The Kier molecular flexibility index (Phi) is 3.95. The average molecular weight is 211 g/mol. The maximum absolute atomic E-state index is 10.4. The van der Waals surface area contributed by atoms with Gasteiger partial charge in [-0.3, -0.25) is 9.78 Å². The van der Waals surface area contributed by atoms with Gasteiger partial charge in [-0.15, -0.1) is 11.8 Å². The van der Waals surface area contributed by atoms with Crippen molar-refractivity contribution < 1.29 is 9.90 Å². The molecule has 0 saturated heterocycles. The highest BCUT2D eigenvalue weighted by Gasteiger charge is 2.03. The highest BCUT2D eigenvalue weighted by molar-refractivity contribution is 8.00. The molecule has 76 valence electrons. The zero-order valence-corrected chi connectivity index (χ0v) is 9.04. The number of carboxylic acid groups (broad SMARTS) is 1. The Morgan fingerprint density at radius 2 is 2.29 bits per heavy atom. The van der Waals surface area contributed by atoms with Crippen molar-refractivity contribution in [3.05, 3.63) is 24.0 Å². The third-order valence-corrected chi connectivity index (χ3v) is 2.71. The number of nitrogens with zero attached hydrogens (tertiary/aromatic N) is 1. The van der Waals surface area contributed by atoms with Gasteiger partial charge < -0.3 is 5.11 Å². The van der Waals surface area contributed by atoms with Crippen molar-refractivity contribution in [2.24, 2.45) is 0 Å². The Morgan fingerprint density at radius 1 is 1.57 bits per heavy atom. The number of thioether (sulfide) groups is 1. The third kappa shape index (κ3) is 3.38. The van der Waals surface area contributed by atoms with Crippen molar-refractivity contribution >= 4 is 17.7 Å². The lowest BCUT2D eigenvalue weighted by atomic mass is 10.1. The second-order valence-corrected chi connectivity index (χ2v) is 4.34. The maximum atomic E-state index is 10.4. The van der Waals surface area contributed by atoms with E-state index in [1.807, 2.05) is 12.3 Å². The molecule has 1 N–H and O–H groups in total. The predicted molar refractivity (Wildman–Crippen MR) is 56.7 cm³/mol. The van der Waals surface area contributed by atoms with Crippen molar-refractivity contribution in [3.63, 3.8) is 0 Å². The van der Waals surface area contributed by atoms with Crippen LogP contribution < -0.4 is 0 Å². The highest BCUT2D eigenvalue weighted by Crippen LogP contribution is 2.21. The predicted octanol–water partition coefficient (Wildman–Crippen LogP) is 2.38. The van der Waals surface area contributed by atoms with Crippen LogP contribution in [0.25, 0.3) is 0 Å². The molecule has 1 heterocycles. The van der Waals surface area contributed by atoms with E-state index in [1.54, 1.807) is 6.20 Å². The number of hydrogen-bond acceptors (Lipinski definition) is 3. The molecule has 1 aromatic rings. The van der Waals surface area contributed by atoms with Gasteiger partial charge in [-0.05, 0) is 17.5 Å². The normalized spacial score (nSPS) is 10.5. The molecule has 0 spiro atoms. The number of aromatic nitrogens is 1. The molecule has 0 aliphatic heterocycles. The van der Waals surface area contributed by atoms with Crippen LogP contribution in [0.4, 0.5) is 0 Å². The summed E-state index contributed by atoms with van der Waals surface area (Å²) in [6.07, 6.45) is 3.51. The van der Waals surface area contributed by atoms with Gasteiger partial charge in [0.25, 0.3) is 0 Å². The average Bonchev–Trinajstić information content (AvgIpc) is 2.15. The van der Waals surface area contributed by atoms with Crippen LogP contribution in [0.3, 0.4) is 0 Å². The van der Waals surface area contributed by atoms with Gasteiger partial charge in [-0.1, -0.05) is 13.8 Å². The van der Waals surface area contributed by atoms with Gasteiger partial charge in [-0.2, -0.15) is 0 Å². The Balaban J connectivity index is 2.68. The zero-order chi connectivity index (χ0) is 10.6. The summed E-state index contributed by atoms with van der Waals surface area (Å²) in [5.41, 5.74) is 1.14. The molecule has 0 amide bonds. The smallest absolute Gasteiger partial charge is 0.313 e. The molecule has 0 aromatic carbocycles. The van der Waals surface area contributed by atoms with Crippen molar-refractivity contribution in [1.82, 2.24) is 4.98 Å². The minimum absolute atomic E-state index is 0.0865. The van der Waals surface area contributed by atoms with Crippen LogP contribution in [0.5, 0.6) is 0 Å². The van der Waals surface area contributed by atoms with Crippen molar-refractivity contribution in [3.8, 4) is 0 Å². The first-order valence-electron chi connectivity index (χ1n) is 4.39. The summed E-state index contributed by atoms with van der Waals surface area (Å²) >= 11 is 1.30. The summed E-state index contributed by atoms with van der Waals surface area (Å²) in [5, 5.41) is 8.51. The van der Waals surface area contributed by atoms with Crippen LogP contribution in [0, 0.1) is 0 Å². The first kappa shape index (κ1) is 11.0. The Hall–Kier alpha value is -1.03. The maximum Gasteiger partial charge on any atom is 0.313 e. The number of carboxylic acids is 1. The zero-order valence-electron chi connectivity index (χ0n) is 8.23. The summed E-state index contributed by atoms with van der Waals surface area (Å²) in [6, 6.07) is 1.99. The molecule has 0 unspecified atom stereocenters. The molecular formula is C10H13NO2S. The molecule has 4 heteroatoms. The minimum Gasteiger partial charge on any atom is -0.481 e. The fourth-order valence-electron chi connectivity index (χ4n) is 0.975. The van der Waals surface area contributed by atoms with Crippen LogP contribution in [0.15, 0.2) is 23.4 Å². The fourth-order valence-corrected chi connectivity index (χ4v) is 1.62. The molecule has 3 nitrogen and oxygen atoms in total. The lowest BCUT2D eigenvalue weighted by Crippen LogP contribution is -1.98. The summed E-state index contributed by atoms with van der Waals surface area (Å²) in [7, 11) is 0. The van der Waals surface area contributed by atoms with Gasteiger partial charge in [0, 0.05) is 17.3 Å². The summed E-state index contributed by atoms with van der Waals surface area (Å²) in [6.45, 7) is 4.17. The third-order valence-electron chi connectivity index (χ3n) is 1.76. The van der Waals surface area contributed by atoms with Gasteiger partial charge in [0.15, 0.2) is 0 Å².